The summed E-state index contributed by atoms with van der Waals surface area (Å²) < 4.78 is 27.4. The molecule has 1 saturated heterocycles. The van der Waals surface area contributed by atoms with Crippen LogP contribution in [0.4, 0.5) is 5.69 Å². The molecule has 0 spiro atoms. The molecule has 1 aliphatic rings. The summed E-state index contributed by atoms with van der Waals surface area (Å²) in [6.07, 6.45) is 2.38. The Kier molecular flexibility index (Phi) is 6.59. The summed E-state index contributed by atoms with van der Waals surface area (Å²) in [7, 11) is -1.90. The van der Waals surface area contributed by atoms with Crippen molar-refractivity contribution in [3.63, 3.8) is 0 Å². The summed E-state index contributed by atoms with van der Waals surface area (Å²) in [5, 5.41) is 0. The van der Waals surface area contributed by atoms with Crippen LogP contribution in [-0.2, 0) is 16.6 Å². The lowest BCUT2D eigenvalue weighted by molar-refractivity contribution is 0.0785. The first kappa shape index (κ1) is 21.3. The van der Waals surface area contributed by atoms with E-state index in [1.165, 1.54) is 30.7 Å². The van der Waals surface area contributed by atoms with Crippen molar-refractivity contribution in [1.29, 1.82) is 0 Å². The fraction of sp³-hybridized carbons (Fsp3) is 0.409. The van der Waals surface area contributed by atoms with Gasteiger partial charge in [-0.15, -0.1) is 0 Å². The first-order valence-corrected chi connectivity index (χ1v) is 11.5. The Balaban J connectivity index is 1.79. The van der Waals surface area contributed by atoms with Gasteiger partial charge in [-0.1, -0.05) is 24.3 Å². The van der Waals surface area contributed by atoms with Crippen LogP contribution < -0.4 is 9.62 Å². The second-order valence-electron chi connectivity index (χ2n) is 7.79. The molecule has 1 heterocycles. The normalized spacial score (nSPS) is 14.4. The predicted molar refractivity (Wildman–Crippen MR) is 116 cm³/mol. The summed E-state index contributed by atoms with van der Waals surface area (Å²) in [6, 6.07) is 14.1. The van der Waals surface area contributed by atoms with Crippen molar-refractivity contribution >= 4 is 21.6 Å². The maximum absolute atomic E-state index is 13.0. The van der Waals surface area contributed by atoms with Crippen LogP contribution in [0.25, 0.3) is 0 Å². The second kappa shape index (κ2) is 8.97. The Hall–Kier alpha value is -2.38. The lowest BCUT2D eigenvalue weighted by Gasteiger charge is -2.24. The molecule has 1 N–H and O–H groups in total. The Bertz CT molecular complexity index is 967. The molecule has 3 rings (SSSR count). The highest BCUT2D eigenvalue weighted by molar-refractivity contribution is 7.89. The minimum Gasteiger partial charge on any atom is -0.371 e. The number of para-hydroxylation sites is 1. The van der Waals surface area contributed by atoms with E-state index in [4.69, 9.17) is 0 Å². The van der Waals surface area contributed by atoms with Crippen LogP contribution in [0, 0.1) is 0 Å². The molecule has 0 unspecified atom stereocenters. The molecule has 0 radical (unpaired) electrons. The van der Waals surface area contributed by atoms with Crippen molar-refractivity contribution < 1.29 is 13.2 Å². The highest BCUT2D eigenvalue weighted by Crippen LogP contribution is 2.26. The molecule has 6 nitrogen and oxygen atoms in total. The molecular weight excluding hydrogens is 386 g/mol. The number of amides is 1. The van der Waals surface area contributed by atoms with Gasteiger partial charge in [0, 0.05) is 44.0 Å². The van der Waals surface area contributed by atoms with Crippen LogP contribution in [0.1, 0.15) is 42.6 Å². The molecule has 2 aromatic carbocycles. The largest absolute Gasteiger partial charge is 0.371 e. The van der Waals surface area contributed by atoms with Gasteiger partial charge in [-0.25, -0.2) is 13.1 Å². The Labute approximate surface area is 173 Å². The smallest absolute Gasteiger partial charge is 0.253 e. The van der Waals surface area contributed by atoms with Crippen LogP contribution in [0.15, 0.2) is 53.4 Å². The molecule has 0 aliphatic carbocycles. The molecule has 7 heteroatoms. The molecule has 1 amide bonds. The van der Waals surface area contributed by atoms with E-state index >= 15 is 0 Å². The molecular formula is C22H29N3O3S. The monoisotopic (exact) mass is 415 g/mol. The first-order chi connectivity index (χ1) is 13.8. The topological polar surface area (TPSA) is 69.7 Å². The summed E-state index contributed by atoms with van der Waals surface area (Å²) in [6.45, 7) is 6.07. The van der Waals surface area contributed by atoms with Gasteiger partial charge in [-0.05, 0) is 56.5 Å². The quantitative estimate of drug-likeness (QED) is 0.754. The van der Waals surface area contributed by atoms with Crippen LogP contribution >= 0.6 is 0 Å². The van der Waals surface area contributed by atoms with Crippen LogP contribution in [-0.4, -0.2) is 45.4 Å². The molecule has 1 fully saturated rings. The molecule has 1 aliphatic heterocycles. The third-order valence-electron chi connectivity index (χ3n) is 4.97. The van der Waals surface area contributed by atoms with Crippen molar-refractivity contribution in [3.05, 3.63) is 59.7 Å². The minimum absolute atomic E-state index is 0.0999. The van der Waals surface area contributed by atoms with Gasteiger partial charge in [-0.2, -0.15) is 0 Å². The summed E-state index contributed by atoms with van der Waals surface area (Å²) in [4.78, 5) is 17.1. The number of carbonyl (C=O) groups excluding carboxylic acids is 1. The molecule has 29 heavy (non-hydrogen) atoms. The number of anilines is 1. The van der Waals surface area contributed by atoms with Gasteiger partial charge in [-0.3, -0.25) is 4.79 Å². The number of hydrogen-bond donors (Lipinski definition) is 1. The maximum Gasteiger partial charge on any atom is 0.253 e. The van der Waals surface area contributed by atoms with E-state index in [0.29, 0.717) is 12.1 Å². The molecule has 0 bridgehead atoms. The van der Waals surface area contributed by atoms with E-state index in [1.54, 1.807) is 37.9 Å². The highest BCUT2D eigenvalue weighted by atomic mass is 32.2. The van der Waals surface area contributed by atoms with E-state index in [1.807, 2.05) is 18.2 Å². The van der Waals surface area contributed by atoms with Crippen molar-refractivity contribution in [2.75, 3.05) is 25.0 Å². The zero-order valence-corrected chi connectivity index (χ0v) is 18.1. The SMILES string of the molecule is CC(C)NS(=O)(=O)c1cccc(C(=O)N(C)Cc2ccccc2N2CCCC2)c1. The number of sulfonamides is 1. The number of benzene rings is 2. The van der Waals surface area contributed by atoms with Crippen LogP contribution in [0.2, 0.25) is 0 Å². The van der Waals surface area contributed by atoms with E-state index in [0.717, 1.165) is 18.7 Å². The maximum atomic E-state index is 13.0. The van der Waals surface area contributed by atoms with Gasteiger partial charge >= 0.3 is 0 Å². The van der Waals surface area contributed by atoms with E-state index in [-0.39, 0.29) is 16.8 Å². The van der Waals surface area contributed by atoms with Crippen LogP contribution in [0.3, 0.4) is 0 Å². The third-order valence-corrected chi connectivity index (χ3v) is 6.63. The lowest BCUT2D eigenvalue weighted by Crippen LogP contribution is -2.31. The summed E-state index contributed by atoms with van der Waals surface area (Å²) >= 11 is 0. The molecule has 0 saturated carbocycles. The molecule has 0 atom stereocenters. The number of nitrogens with zero attached hydrogens (tertiary/aromatic N) is 2. The van der Waals surface area contributed by atoms with Gasteiger partial charge in [0.15, 0.2) is 0 Å². The zero-order chi connectivity index (χ0) is 21.0. The van der Waals surface area contributed by atoms with Crippen molar-refractivity contribution in [3.8, 4) is 0 Å². The van der Waals surface area contributed by atoms with Gasteiger partial charge in [0.25, 0.3) is 5.91 Å². The van der Waals surface area contributed by atoms with Crippen molar-refractivity contribution in [2.45, 2.75) is 44.2 Å². The summed E-state index contributed by atoms with van der Waals surface area (Å²) in [5.74, 6) is -0.206. The van der Waals surface area contributed by atoms with Crippen molar-refractivity contribution in [2.24, 2.45) is 0 Å². The van der Waals surface area contributed by atoms with Crippen LogP contribution in [0.5, 0.6) is 0 Å². The van der Waals surface area contributed by atoms with Crippen molar-refractivity contribution in [1.82, 2.24) is 9.62 Å². The number of rotatable bonds is 7. The minimum atomic E-state index is -3.65. The zero-order valence-electron chi connectivity index (χ0n) is 17.3. The van der Waals surface area contributed by atoms with E-state index < -0.39 is 10.0 Å². The second-order valence-corrected chi connectivity index (χ2v) is 9.50. The number of hydrogen-bond acceptors (Lipinski definition) is 4. The molecule has 0 aromatic heterocycles. The lowest BCUT2D eigenvalue weighted by atomic mass is 10.1. The van der Waals surface area contributed by atoms with Gasteiger partial charge in [0.2, 0.25) is 10.0 Å². The fourth-order valence-electron chi connectivity index (χ4n) is 3.63. The fourth-order valence-corrected chi connectivity index (χ4v) is 4.93. The number of nitrogens with one attached hydrogen (secondary N) is 1. The standard InChI is InChI=1S/C22H29N3O3S/c1-17(2)23-29(27,28)20-11-8-10-18(15-20)22(26)24(3)16-19-9-4-5-12-21(19)25-13-6-7-14-25/h4-5,8-12,15,17,23H,6-7,13-14,16H2,1-3H3. The highest BCUT2D eigenvalue weighted by Gasteiger charge is 2.21. The average Bonchev–Trinajstić information content (AvgIpc) is 3.21. The van der Waals surface area contributed by atoms with Gasteiger partial charge in [0.1, 0.15) is 0 Å². The van der Waals surface area contributed by atoms with Gasteiger partial charge in [0.05, 0.1) is 4.90 Å². The molecule has 156 valence electrons. The van der Waals surface area contributed by atoms with E-state index in [2.05, 4.69) is 15.7 Å². The Morgan fingerprint density at radius 3 is 2.48 bits per heavy atom. The number of carbonyl (C=O) groups is 1. The van der Waals surface area contributed by atoms with Gasteiger partial charge < -0.3 is 9.80 Å². The van der Waals surface area contributed by atoms with E-state index in [9.17, 15) is 13.2 Å². The Morgan fingerprint density at radius 1 is 1.10 bits per heavy atom. The Morgan fingerprint density at radius 2 is 1.79 bits per heavy atom. The molecule has 2 aromatic rings. The average molecular weight is 416 g/mol. The summed E-state index contributed by atoms with van der Waals surface area (Å²) in [5.41, 5.74) is 2.62. The predicted octanol–water partition coefficient (Wildman–Crippen LogP) is 3.25. The third kappa shape index (κ3) is 5.16. The first-order valence-electron chi connectivity index (χ1n) is 9.98.